The average molecular weight is 318 g/mol. The molecule has 0 aromatic heterocycles. The van der Waals surface area contributed by atoms with Gasteiger partial charge in [0.2, 0.25) is 0 Å². The summed E-state index contributed by atoms with van der Waals surface area (Å²) in [5.41, 5.74) is 0.655. The Morgan fingerprint density at radius 1 is 0.864 bits per heavy atom. The van der Waals surface area contributed by atoms with Crippen LogP contribution in [-0.2, 0) is 19.1 Å². The van der Waals surface area contributed by atoms with Crippen molar-refractivity contribution in [1.29, 1.82) is 0 Å². The minimum absolute atomic E-state index is 0.0333. The molecule has 0 unspecified atom stereocenters. The largest absolute Gasteiger partial charge is 0.444 e. The molecule has 2 N–H and O–H groups in total. The minimum Gasteiger partial charge on any atom is -0.444 e. The molecule has 0 bridgehead atoms. The number of alkyl carbamates (subject to hydrolysis) is 1. The van der Waals surface area contributed by atoms with Gasteiger partial charge < -0.3 is 19.6 Å². The van der Waals surface area contributed by atoms with Gasteiger partial charge in [0.1, 0.15) is 11.2 Å². The van der Waals surface area contributed by atoms with Gasteiger partial charge in [0.15, 0.2) is 0 Å². The van der Waals surface area contributed by atoms with Gasteiger partial charge in [-0.3, -0.25) is 0 Å². The zero-order valence-electron chi connectivity index (χ0n) is 14.1. The van der Waals surface area contributed by atoms with Crippen LogP contribution in [0.4, 0.5) is 9.59 Å². The topological polar surface area (TPSA) is 103 Å². The van der Waals surface area contributed by atoms with E-state index in [1.54, 1.807) is 41.5 Å². The van der Waals surface area contributed by atoms with Crippen LogP contribution in [0.25, 0.3) is 0 Å². The maximum Gasteiger partial charge on any atom is 0.441 e. The van der Waals surface area contributed by atoms with Crippen LogP contribution < -0.4 is 10.8 Å². The van der Waals surface area contributed by atoms with Crippen LogP contribution in [0.1, 0.15) is 54.4 Å². The summed E-state index contributed by atoms with van der Waals surface area (Å²) in [5, 5.41) is 2.51. The monoisotopic (exact) mass is 318 g/mol. The van der Waals surface area contributed by atoms with Gasteiger partial charge >= 0.3 is 18.2 Å². The molecule has 0 aromatic carbocycles. The summed E-state index contributed by atoms with van der Waals surface area (Å²) >= 11 is 0. The zero-order valence-corrected chi connectivity index (χ0v) is 14.1. The smallest absolute Gasteiger partial charge is 0.441 e. The van der Waals surface area contributed by atoms with Crippen LogP contribution in [0.3, 0.4) is 0 Å². The first-order chi connectivity index (χ1) is 9.89. The van der Waals surface area contributed by atoms with Gasteiger partial charge in [0.05, 0.1) is 0 Å². The fourth-order valence-corrected chi connectivity index (χ4v) is 1.19. The molecule has 0 spiro atoms. The lowest BCUT2D eigenvalue weighted by atomic mass is 10.2. The second kappa shape index (κ2) is 8.45. The van der Waals surface area contributed by atoms with Gasteiger partial charge in [-0.25, -0.2) is 14.4 Å². The van der Waals surface area contributed by atoms with Crippen molar-refractivity contribution in [3.63, 3.8) is 0 Å². The fraction of sp³-hybridized carbons (Fsp3) is 0.786. The Kier molecular flexibility index (Phi) is 7.69. The maximum absolute atomic E-state index is 11.4. The summed E-state index contributed by atoms with van der Waals surface area (Å²) in [6, 6.07) is 0. The molecule has 0 aromatic rings. The Bertz CT molecular complexity index is 395. The summed E-state index contributed by atoms with van der Waals surface area (Å²) in [4.78, 5) is 38.4. The van der Waals surface area contributed by atoms with Crippen molar-refractivity contribution in [3.05, 3.63) is 0 Å². The number of hydroxylamine groups is 1. The van der Waals surface area contributed by atoms with Crippen LogP contribution in [0.2, 0.25) is 0 Å². The van der Waals surface area contributed by atoms with E-state index in [0.29, 0.717) is 6.42 Å². The molecule has 0 radical (unpaired) electrons. The zero-order chi connectivity index (χ0) is 17.4. The third-order valence-electron chi connectivity index (χ3n) is 1.87. The van der Waals surface area contributed by atoms with E-state index in [1.807, 2.05) is 5.48 Å². The van der Waals surface area contributed by atoms with E-state index in [0.717, 1.165) is 0 Å². The molecule has 8 nitrogen and oxygen atoms in total. The molecular formula is C14H26N2O6. The molecule has 0 aliphatic heterocycles. The summed E-state index contributed by atoms with van der Waals surface area (Å²) in [7, 11) is 0. The lowest BCUT2D eigenvalue weighted by molar-refractivity contribution is -0.150. The molecule has 0 atom stereocenters. The Morgan fingerprint density at radius 3 is 1.86 bits per heavy atom. The van der Waals surface area contributed by atoms with E-state index in [2.05, 4.69) is 10.2 Å². The van der Waals surface area contributed by atoms with E-state index in [1.165, 1.54) is 0 Å². The van der Waals surface area contributed by atoms with Gasteiger partial charge in [-0.1, -0.05) is 0 Å². The van der Waals surface area contributed by atoms with Crippen LogP contribution in [-0.4, -0.2) is 35.9 Å². The SMILES string of the molecule is CC(C)(C)OC(=O)NCCCC(=O)ONC(=O)OC(C)(C)C. The van der Waals surface area contributed by atoms with Crippen LogP contribution in [0, 0.1) is 0 Å². The lowest BCUT2D eigenvalue weighted by Gasteiger charge is -2.19. The molecule has 0 aliphatic carbocycles. The quantitative estimate of drug-likeness (QED) is 0.468. The first-order valence-corrected chi connectivity index (χ1v) is 7.04. The number of rotatable bonds is 4. The molecule has 128 valence electrons. The predicted molar refractivity (Wildman–Crippen MR) is 78.9 cm³/mol. The van der Waals surface area contributed by atoms with Crippen LogP contribution >= 0.6 is 0 Å². The van der Waals surface area contributed by atoms with Gasteiger partial charge in [-0.05, 0) is 48.0 Å². The molecule has 0 aliphatic rings. The molecule has 0 saturated carbocycles. The Morgan fingerprint density at radius 2 is 1.36 bits per heavy atom. The molecule has 8 heteroatoms. The first kappa shape index (κ1) is 20.0. The van der Waals surface area contributed by atoms with Crippen molar-refractivity contribution >= 4 is 18.2 Å². The van der Waals surface area contributed by atoms with Crippen molar-refractivity contribution in [3.8, 4) is 0 Å². The Balaban J connectivity index is 3.75. The van der Waals surface area contributed by atoms with E-state index >= 15 is 0 Å². The van der Waals surface area contributed by atoms with E-state index in [9.17, 15) is 14.4 Å². The lowest BCUT2D eigenvalue weighted by Crippen LogP contribution is -2.34. The summed E-state index contributed by atoms with van der Waals surface area (Å²) < 4.78 is 9.92. The van der Waals surface area contributed by atoms with E-state index < -0.39 is 29.4 Å². The van der Waals surface area contributed by atoms with Crippen LogP contribution in [0.5, 0.6) is 0 Å². The van der Waals surface area contributed by atoms with Crippen LogP contribution in [0.15, 0.2) is 0 Å². The summed E-state index contributed by atoms with van der Waals surface area (Å²) in [6.07, 6.45) is -1.000. The number of amides is 2. The number of carbonyl (C=O) groups is 3. The second-order valence-corrected chi connectivity index (χ2v) is 6.61. The maximum atomic E-state index is 11.4. The molecule has 2 amide bonds. The highest BCUT2D eigenvalue weighted by molar-refractivity contribution is 5.73. The first-order valence-electron chi connectivity index (χ1n) is 7.04. The number of hydrogen-bond donors (Lipinski definition) is 2. The molecule has 0 saturated heterocycles. The highest BCUT2D eigenvalue weighted by Gasteiger charge is 2.18. The average Bonchev–Trinajstić information content (AvgIpc) is 2.27. The Labute approximate surface area is 130 Å². The van der Waals surface area contributed by atoms with E-state index in [4.69, 9.17) is 9.47 Å². The normalized spacial score (nSPS) is 11.4. The van der Waals surface area contributed by atoms with E-state index in [-0.39, 0.29) is 13.0 Å². The second-order valence-electron chi connectivity index (χ2n) is 6.61. The third-order valence-corrected chi connectivity index (χ3v) is 1.87. The standard InChI is InChI=1S/C14H26N2O6/c1-13(2,3)20-11(18)15-9-7-8-10(17)22-16-12(19)21-14(4,5)6/h7-9H2,1-6H3,(H,15,18)(H,16,19). The minimum atomic E-state index is -0.840. The highest BCUT2D eigenvalue weighted by Crippen LogP contribution is 2.07. The molecule has 0 heterocycles. The summed E-state index contributed by atoms with van der Waals surface area (Å²) in [5.74, 6) is -0.628. The Hall–Kier alpha value is -1.99. The van der Waals surface area contributed by atoms with Gasteiger partial charge in [-0.2, -0.15) is 0 Å². The van der Waals surface area contributed by atoms with Gasteiger partial charge in [-0.15, -0.1) is 5.48 Å². The molecule has 22 heavy (non-hydrogen) atoms. The van der Waals surface area contributed by atoms with Crippen molar-refractivity contribution in [1.82, 2.24) is 10.8 Å². The number of hydrogen-bond acceptors (Lipinski definition) is 6. The third kappa shape index (κ3) is 13.0. The summed E-state index contributed by atoms with van der Waals surface area (Å²) in [6.45, 7) is 10.6. The van der Waals surface area contributed by atoms with Gasteiger partial charge in [0.25, 0.3) is 0 Å². The molecule has 0 fully saturated rings. The highest BCUT2D eigenvalue weighted by atomic mass is 16.7. The van der Waals surface area contributed by atoms with Crippen molar-refractivity contribution in [2.24, 2.45) is 0 Å². The van der Waals surface area contributed by atoms with Gasteiger partial charge in [0, 0.05) is 13.0 Å². The fourth-order valence-electron chi connectivity index (χ4n) is 1.19. The molecular weight excluding hydrogens is 292 g/mol. The number of nitrogens with one attached hydrogen (secondary N) is 2. The van der Waals surface area contributed by atoms with Crippen molar-refractivity contribution in [2.45, 2.75) is 65.6 Å². The predicted octanol–water partition coefficient (Wildman–Crippen LogP) is 2.27. The van der Waals surface area contributed by atoms with Crippen molar-refractivity contribution < 1.29 is 28.7 Å². The number of carbonyl (C=O) groups excluding carboxylic acids is 3. The number of ether oxygens (including phenoxy) is 2. The van der Waals surface area contributed by atoms with Crippen molar-refractivity contribution in [2.75, 3.05) is 6.54 Å². The molecule has 0 rings (SSSR count).